The van der Waals surface area contributed by atoms with Crippen LogP contribution in [0, 0.1) is 11.8 Å². The molecule has 1 aromatic carbocycles. The van der Waals surface area contributed by atoms with Crippen LogP contribution in [0.15, 0.2) is 18.2 Å². The number of nitrogens with two attached hydrogens (primary N) is 1. The number of phenolic OH excluding ortho intramolecular Hbond substituents is 1. The van der Waals surface area contributed by atoms with Crippen LogP contribution in [0.4, 0.5) is 5.69 Å². The van der Waals surface area contributed by atoms with Crippen molar-refractivity contribution in [3.8, 4) is 17.6 Å². The maximum absolute atomic E-state index is 10.6. The molecule has 0 radical (unpaired) electrons. The molecule has 0 aliphatic heterocycles. The van der Waals surface area contributed by atoms with Crippen LogP contribution in [0.2, 0.25) is 0 Å². The van der Waals surface area contributed by atoms with Crippen LogP contribution < -0.4 is 5.73 Å². The van der Waals surface area contributed by atoms with Gasteiger partial charge in [-0.15, -0.1) is 0 Å². The Bertz CT molecular complexity index is 432. The lowest BCUT2D eigenvalue weighted by Gasteiger charge is -1.97. The molecule has 0 aromatic heterocycles. The second-order valence-electron chi connectivity index (χ2n) is 2.86. The molecule has 0 atom stereocenters. The van der Waals surface area contributed by atoms with Crippen LogP contribution in [0.1, 0.15) is 12.5 Å². The highest BCUT2D eigenvalue weighted by atomic mass is 32.2. The first-order valence-corrected chi connectivity index (χ1v) is 5.29. The zero-order valence-electron chi connectivity index (χ0n) is 8.28. The van der Waals surface area contributed by atoms with Gasteiger partial charge in [0, 0.05) is 12.6 Å². The van der Waals surface area contributed by atoms with E-state index in [1.807, 2.05) is 0 Å². The van der Waals surface area contributed by atoms with Gasteiger partial charge in [-0.1, -0.05) is 23.6 Å². The molecular formula is C11H11NO2S. The fourth-order valence-corrected chi connectivity index (χ4v) is 1.27. The van der Waals surface area contributed by atoms with Crippen molar-refractivity contribution in [3.63, 3.8) is 0 Å². The lowest BCUT2D eigenvalue weighted by Crippen LogP contribution is -1.86. The Morgan fingerprint density at radius 2 is 2.33 bits per heavy atom. The van der Waals surface area contributed by atoms with Gasteiger partial charge in [-0.2, -0.15) is 0 Å². The number of carbonyl (C=O) groups excluding carboxylic acids is 1. The number of benzene rings is 1. The minimum absolute atomic E-state index is 0.0288. The maximum Gasteiger partial charge on any atom is 0.186 e. The van der Waals surface area contributed by atoms with E-state index in [2.05, 4.69) is 11.8 Å². The first kappa shape index (κ1) is 11.5. The minimum Gasteiger partial charge on any atom is -0.507 e. The number of nitrogen functional groups attached to an aromatic ring is 1. The molecule has 0 heterocycles. The second-order valence-corrected chi connectivity index (χ2v) is 4.01. The molecule has 4 heteroatoms. The number of hydrogen-bond donors (Lipinski definition) is 2. The zero-order chi connectivity index (χ0) is 11.3. The van der Waals surface area contributed by atoms with E-state index < -0.39 is 0 Å². The smallest absolute Gasteiger partial charge is 0.186 e. The lowest BCUT2D eigenvalue weighted by atomic mass is 10.2. The summed E-state index contributed by atoms with van der Waals surface area (Å²) >= 11 is 1.14. The maximum atomic E-state index is 10.6. The van der Waals surface area contributed by atoms with Crippen molar-refractivity contribution in [2.45, 2.75) is 6.92 Å². The molecule has 3 N–H and O–H groups in total. The first-order chi connectivity index (χ1) is 7.09. The van der Waals surface area contributed by atoms with Gasteiger partial charge in [0.2, 0.25) is 0 Å². The third kappa shape index (κ3) is 3.96. The van der Waals surface area contributed by atoms with Crippen molar-refractivity contribution in [2.24, 2.45) is 0 Å². The highest BCUT2D eigenvalue weighted by Crippen LogP contribution is 2.18. The molecule has 1 aromatic rings. The number of anilines is 1. The van der Waals surface area contributed by atoms with Gasteiger partial charge in [0.05, 0.1) is 11.3 Å². The zero-order valence-corrected chi connectivity index (χ0v) is 9.10. The van der Waals surface area contributed by atoms with E-state index in [9.17, 15) is 9.90 Å². The summed E-state index contributed by atoms with van der Waals surface area (Å²) in [5.41, 5.74) is 6.58. The van der Waals surface area contributed by atoms with E-state index >= 15 is 0 Å². The van der Waals surface area contributed by atoms with E-state index in [-0.39, 0.29) is 10.9 Å². The Hall–Kier alpha value is -1.60. The standard InChI is InChI=1S/C11H11NO2S/c1-8(13)15-6-2-3-9-7-10(12)4-5-11(9)14/h4-5,7,14H,6,12H2,1H3. The van der Waals surface area contributed by atoms with Crippen molar-refractivity contribution in [2.75, 3.05) is 11.5 Å². The van der Waals surface area contributed by atoms with Crippen LogP contribution in [0.3, 0.4) is 0 Å². The lowest BCUT2D eigenvalue weighted by molar-refractivity contribution is -0.109. The SMILES string of the molecule is CC(=O)SCC#Cc1cc(N)ccc1O. The molecule has 0 amide bonds. The summed E-state index contributed by atoms with van der Waals surface area (Å²) in [5.74, 6) is 6.06. The third-order valence-corrected chi connectivity index (χ3v) is 2.29. The Balaban J connectivity index is 2.71. The van der Waals surface area contributed by atoms with Crippen LogP contribution in [-0.4, -0.2) is 16.0 Å². The Labute approximate surface area is 92.7 Å². The summed E-state index contributed by atoms with van der Waals surface area (Å²) in [6.07, 6.45) is 0. The van der Waals surface area contributed by atoms with Gasteiger partial charge in [0.1, 0.15) is 5.75 Å². The summed E-state index contributed by atoms with van der Waals surface area (Å²) in [6.45, 7) is 1.49. The number of hydrogen-bond acceptors (Lipinski definition) is 4. The normalized spacial score (nSPS) is 9.13. The number of aromatic hydroxyl groups is 1. The largest absolute Gasteiger partial charge is 0.507 e. The van der Waals surface area contributed by atoms with Crippen molar-refractivity contribution in [1.29, 1.82) is 0 Å². The van der Waals surface area contributed by atoms with E-state index in [1.165, 1.54) is 13.0 Å². The van der Waals surface area contributed by atoms with Crippen molar-refractivity contribution < 1.29 is 9.90 Å². The van der Waals surface area contributed by atoms with Crippen LogP contribution >= 0.6 is 11.8 Å². The van der Waals surface area contributed by atoms with Crippen LogP contribution in [0.5, 0.6) is 5.75 Å². The van der Waals surface area contributed by atoms with Crippen LogP contribution in [-0.2, 0) is 4.79 Å². The van der Waals surface area contributed by atoms with Gasteiger partial charge < -0.3 is 10.8 Å². The van der Waals surface area contributed by atoms with Crippen molar-refractivity contribution in [1.82, 2.24) is 0 Å². The molecule has 3 nitrogen and oxygen atoms in total. The Morgan fingerprint density at radius 3 is 3.00 bits per heavy atom. The fourth-order valence-electron chi connectivity index (χ4n) is 0.923. The van der Waals surface area contributed by atoms with Gasteiger partial charge in [-0.05, 0) is 18.2 Å². The molecule has 0 unspecified atom stereocenters. The fraction of sp³-hybridized carbons (Fsp3) is 0.182. The molecule has 0 spiro atoms. The summed E-state index contributed by atoms with van der Waals surface area (Å²) in [5, 5.41) is 9.44. The molecule has 1 rings (SSSR count). The van der Waals surface area contributed by atoms with Gasteiger partial charge >= 0.3 is 0 Å². The van der Waals surface area contributed by atoms with Crippen molar-refractivity contribution >= 4 is 22.6 Å². The van der Waals surface area contributed by atoms with Crippen molar-refractivity contribution in [3.05, 3.63) is 23.8 Å². The quantitative estimate of drug-likeness (QED) is 0.429. The van der Waals surface area contributed by atoms with E-state index in [0.717, 1.165) is 11.8 Å². The third-order valence-electron chi connectivity index (χ3n) is 1.59. The van der Waals surface area contributed by atoms with E-state index in [0.29, 0.717) is 17.0 Å². The van der Waals surface area contributed by atoms with Gasteiger partial charge in [0.25, 0.3) is 0 Å². The monoisotopic (exact) mass is 221 g/mol. The predicted octanol–water partition coefficient (Wildman–Crippen LogP) is 1.61. The predicted molar refractivity (Wildman–Crippen MR) is 62.5 cm³/mol. The summed E-state index contributed by atoms with van der Waals surface area (Å²) < 4.78 is 0. The summed E-state index contributed by atoms with van der Waals surface area (Å²) in [6, 6.07) is 4.70. The average Bonchev–Trinajstić information content (AvgIpc) is 2.17. The van der Waals surface area contributed by atoms with Crippen LogP contribution in [0.25, 0.3) is 0 Å². The van der Waals surface area contributed by atoms with Gasteiger partial charge in [-0.25, -0.2) is 0 Å². The first-order valence-electron chi connectivity index (χ1n) is 4.30. The number of thioether (sulfide) groups is 1. The topological polar surface area (TPSA) is 63.3 Å². The highest BCUT2D eigenvalue weighted by Gasteiger charge is 1.97. The molecule has 0 saturated heterocycles. The molecule has 0 fully saturated rings. The molecule has 15 heavy (non-hydrogen) atoms. The van der Waals surface area contributed by atoms with Gasteiger partial charge in [0.15, 0.2) is 5.12 Å². The molecule has 0 saturated carbocycles. The number of carbonyl (C=O) groups is 1. The van der Waals surface area contributed by atoms with E-state index in [4.69, 9.17) is 5.73 Å². The molecule has 0 bridgehead atoms. The Kier molecular flexibility index (Phi) is 4.07. The minimum atomic E-state index is 0.0288. The number of phenols is 1. The molecule has 78 valence electrons. The second kappa shape index (κ2) is 5.32. The molecule has 0 aliphatic rings. The molecule has 0 aliphatic carbocycles. The van der Waals surface area contributed by atoms with E-state index in [1.54, 1.807) is 12.1 Å². The number of rotatable bonds is 1. The Morgan fingerprint density at radius 1 is 1.60 bits per heavy atom. The van der Waals surface area contributed by atoms with Gasteiger partial charge in [-0.3, -0.25) is 4.79 Å². The highest BCUT2D eigenvalue weighted by molar-refractivity contribution is 8.13. The average molecular weight is 221 g/mol. The molecular weight excluding hydrogens is 210 g/mol. The summed E-state index contributed by atoms with van der Waals surface area (Å²) in [4.78, 5) is 10.6. The summed E-state index contributed by atoms with van der Waals surface area (Å²) in [7, 11) is 0.